The van der Waals surface area contributed by atoms with E-state index in [1.165, 1.54) is 0 Å². The number of halogens is 1. The van der Waals surface area contributed by atoms with Gasteiger partial charge in [0.2, 0.25) is 5.88 Å². The molecule has 0 spiro atoms. The average Bonchev–Trinajstić information content (AvgIpc) is 3.19. The summed E-state index contributed by atoms with van der Waals surface area (Å²) in [5.41, 5.74) is 12.6. The summed E-state index contributed by atoms with van der Waals surface area (Å²) in [5.74, 6) is 0.651. The van der Waals surface area contributed by atoms with E-state index in [0.29, 0.717) is 34.1 Å². The first kappa shape index (κ1) is 26.7. The lowest BCUT2D eigenvalue weighted by Gasteiger charge is -2.07. The van der Waals surface area contributed by atoms with Gasteiger partial charge in [-0.1, -0.05) is 34.5 Å². The lowest BCUT2D eigenvalue weighted by Crippen LogP contribution is -2.05. The van der Waals surface area contributed by atoms with Crippen molar-refractivity contribution in [3.63, 3.8) is 0 Å². The second kappa shape index (κ2) is 12.7. The Morgan fingerprint density at radius 3 is 2.37 bits per heavy atom. The Bertz CT molecular complexity index is 1480. The van der Waals surface area contributed by atoms with Crippen LogP contribution in [0, 0.1) is 10.5 Å². The van der Waals surface area contributed by atoms with Crippen molar-refractivity contribution in [2.45, 2.75) is 20.1 Å². The van der Waals surface area contributed by atoms with Crippen LogP contribution in [-0.2, 0) is 29.8 Å². The third-order valence-electron chi connectivity index (χ3n) is 5.39. The molecule has 0 saturated heterocycles. The van der Waals surface area contributed by atoms with Crippen molar-refractivity contribution in [1.82, 2.24) is 9.78 Å². The largest absolute Gasteiger partial charge is 0.457 e. The van der Waals surface area contributed by atoms with Crippen molar-refractivity contribution in [1.29, 1.82) is 0 Å². The van der Waals surface area contributed by atoms with E-state index in [1.54, 1.807) is 66.5 Å². The Labute approximate surface area is 232 Å². The molecule has 11 heteroatoms. The third kappa shape index (κ3) is 7.11. The number of carbonyl (C=O) groups is 1. The number of hydrogen-bond acceptors (Lipinski definition) is 7. The van der Waals surface area contributed by atoms with Gasteiger partial charge < -0.3 is 14.3 Å². The van der Waals surface area contributed by atoms with E-state index >= 15 is 0 Å². The summed E-state index contributed by atoms with van der Waals surface area (Å²) in [6, 6.07) is 21.5. The van der Waals surface area contributed by atoms with Gasteiger partial charge in [0, 0.05) is 21.2 Å². The zero-order valence-electron chi connectivity index (χ0n) is 20.6. The zero-order valence-corrected chi connectivity index (χ0v) is 22.8. The summed E-state index contributed by atoms with van der Waals surface area (Å²) in [5, 5.41) is 12.0. The molecule has 0 fully saturated rings. The monoisotopic (exact) mass is 622 g/mol. The van der Waals surface area contributed by atoms with Crippen LogP contribution in [0.25, 0.3) is 10.4 Å². The van der Waals surface area contributed by atoms with Crippen LogP contribution < -0.4 is 4.74 Å². The number of rotatable bonds is 10. The van der Waals surface area contributed by atoms with Gasteiger partial charge in [0.15, 0.2) is 0 Å². The highest BCUT2D eigenvalue weighted by Gasteiger charge is 2.14. The van der Waals surface area contributed by atoms with Gasteiger partial charge in [-0.05, 0) is 94.7 Å². The minimum absolute atomic E-state index is 0.213. The van der Waals surface area contributed by atoms with Gasteiger partial charge in [-0.3, -0.25) is 0 Å². The molecule has 0 aliphatic rings. The van der Waals surface area contributed by atoms with Crippen LogP contribution in [0.2, 0.25) is 0 Å². The Morgan fingerprint density at radius 1 is 1.03 bits per heavy atom. The number of hydrogen-bond donors (Lipinski definition) is 0. The fourth-order valence-electron chi connectivity index (χ4n) is 3.42. The van der Waals surface area contributed by atoms with Crippen molar-refractivity contribution >= 4 is 40.5 Å². The highest BCUT2D eigenvalue weighted by atomic mass is 127. The fourth-order valence-corrected chi connectivity index (χ4v) is 3.78. The molecule has 192 valence electrons. The van der Waals surface area contributed by atoms with Crippen molar-refractivity contribution in [3.05, 3.63) is 115 Å². The predicted octanol–water partition coefficient (Wildman–Crippen LogP) is 6.97. The molecule has 0 radical (unpaired) electrons. The number of esters is 1. The average molecular weight is 622 g/mol. The quantitative estimate of drug-likeness (QED) is 0.0359. The van der Waals surface area contributed by atoms with E-state index in [0.717, 1.165) is 14.7 Å². The summed E-state index contributed by atoms with van der Waals surface area (Å²) in [6.07, 6.45) is 1.54. The molecule has 0 aliphatic heterocycles. The molecular weight excluding hydrogens is 599 g/mol. The summed E-state index contributed by atoms with van der Waals surface area (Å²) in [7, 11) is 1.77. The van der Waals surface area contributed by atoms with Gasteiger partial charge in [-0.2, -0.15) is 5.10 Å². The first-order valence-corrected chi connectivity index (χ1v) is 12.5. The van der Waals surface area contributed by atoms with Crippen molar-refractivity contribution < 1.29 is 19.1 Å². The normalized spacial score (nSPS) is 10.7. The fraction of sp³-hybridized carbons (Fsp3) is 0.148. The van der Waals surface area contributed by atoms with Crippen LogP contribution in [-0.4, -0.2) is 22.0 Å². The van der Waals surface area contributed by atoms with E-state index in [-0.39, 0.29) is 19.2 Å². The zero-order chi connectivity index (χ0) is 26.9. The smallest absolute Gasteiger partial charge is 0.338 e. The molecule has 1 aromatic heterocycles. The Morgan fingerprint density at radius 2 is 1.68 bits per heavy atom. The van der Waals surface area contributed by atoms with E-state index in [9.17, 15) is 4.79 Å². The van der Waals surface area contributed by atoms with Crippen molar-refractivity contribution in [3.8, 4) is 11.6 Å². The summed E-state index contributed by atoms with van der Waals surface area (Å²) < 4.78 is 14.1. The molecule has 0 amide bonds. The summed E-state index contributed by atoms with van der Waals surface area (Å²) in [4.78, 5) is 20.6. The lowest BCUT2D eigenvalue weighted by atomic mass is 10.1. The van der Waals surface area contributed by atoms with Gasteiger partial charge in [0.05, 0.1) is 23.0 Å². The molecule has 0 N–H and O–H groups in total. The van der Waals surface area contributed by atoms with Crippen LogP contribution in [0.1, 0.15) is 32.7 Å². The van der Waals surface area contributed by atoms with Gasteiger partial charge in [0.25, 0.3) is 0 Å². The molecule has 0 bridgehead atoms. The Balaban J connectivity index is 1.32. The van der Waals surface area contributed by atoms with E-state index < -0.39 is 0 Å². The van der Waals surface area contributed by atoms with Crippen LogP contribution in [0.5, 0.6) is 11.6 Å². The highest BCUT2D eigenvalue weighted by molar-refractivity contribution is 14.1. The molecular formula is C27H23IN6O4. The molecule has 0 saturated carbocycles. The molecule has 4 aromatic rings. The van der Waals surface area contributed by atoms with Crippen LogP contribution in [0.15, 0.2) is 83.1 Å². The maximum absolute atomic E-state index is 12.3. The Hall–Kier alpha value is -4.35. The van der Waals surface area contributed by atoms with Crippen LogP contribution in [0.3, 0.4) is 0 Å². The van der Waals surface area contributed by atoms with Gasteiger partial charge in [0.1, 0.15) is 19.0 Å². The molecule has 1 heterocycles. The number of oxime groups is 1. The second-order valence-corrected chi connectivity index (χ2v) is 9.37. The minimum atomic E-state index is -0.388. The standard InChI is InChI=1S/C27H23IN6O4/c1-18-25(26(34(2)32-18)38-24-13-11-23(12-14-24)31-33-29)15-30-37-17-20-3-7-21(8-4-20)27(35)36-16-19-5-9-22(28)10-6-19/h3-15H,16-17H2,1-2H3/b30-15+. The van der Waals surface area contributed by atoms with Gasteiger partial charge in [-0.25, -0.2) is 9.48 Å². The van der Waals surface area contributed by atoms with Gasteiger partial charge in [-0.15, -0.1) is 0 Å². The third-order valence-corrected chi connectivity index (χ3v) is 6.11. The molecule has 10 nitrogen and oxygen atoms in total. The molecule has 3 aromatic carbocycles. The first-order valence-electron chi connectivity index (χ1n) is 11.5. The Kier molecular flexibility index (Phi) is 8.96. The predicted molar refractivity (Wildman–Crippen MR) is 150 cm³/mol. The van der Waals surface area contributed by atoms with Crippen LogP contribution >= 0.6 is 22.6 Å². The SMILES string of the molecule is Cc1nn(C)c(Oc2ccc(N=[N+]=[N-])cc2)c1/C=N/OCc1ccc(C(=O)OCc2ccc(I)cc2)cc1. The second-order valence-electron chi connectivity index (χ2n) is 8.12. The number of nitrogens with zero attached hydrogens (tertiary/aromatic N) is 6. The number of azide groups is 1. The molecule has 0 aliphatic carbocycles. The maximum atomic E-state index is 12.3. The topological polar surface area (TPSA) is 124 Å². The van der Waals surface area contributed by atoms with E-state index in [4.69, 9.17) is 19.8 Å². The number of carbonyl (C=O) groups excluding carboxylic acids is 1. The highest BCUT2D eigenvalue weighted by Crippen LogP contribution is 2.27. The van der Waals surface area contributed by atoms with Gasteiger partial charge >= 0.3 is 5.97 Å². The van der Waals surface area contributed by atoms with Crippen molar-refractivity contribution in [2.24, 2.45) is 17.3 Å². The maximum Gasteiger partial charge on any atom is 0.338 e. The summed E-state index contributed by atoms with van der Waals surface area (Å²) in [6.45, 7) is 2.27. The first-order chi connectivity index (χ1) is 18.4. The summed E-state index contributed by atoms with van der Waals surface area (Å²) >= 11 is 2.23. The van der Waals surface area contributed by atoms with E-state index in [1.807, 2.05) is 31.2 Å². The number of benzene rings is 3. The molecule has 4 rings (SSSR count). The van der Waals surface area contributed by atoms with Crippen LogP contribution in [0.4, 0.5) is 5.69 Å². The number of aryl methyl sites for hydroxylation is 2. The minimum Gasteiger partial charge on any atom is -0.457 e. The molecule has 38 heavy (non-hydrogen) atoms. The molecule has 0 atom stereocenters. The van der Waals surface area contributed by atoms with Crippen molar-refractivity contribution in [2.75, 3.05) is 0 Å². The lowest BCUT2D eigenvalue weighted by molar-refractivity contribution is 0.0472. The molecule has 0 unspecified atom stereocenters. The van der Waals surface area contributed by atoms with E-state index in [2.05, 4.69) is 42.9 Å². The number of aromatic nitrogens is 2. The number of ether oxygens (including phenoxy) is 2.